The van der Waals surface area contributed by atoms with Gasteiger partial charge >= 0.3 is 0 Å². The van der Waals surface area contributed by atoms with Gasteiger partial charge in [0.1, 0.15) is 11.8 Å². The number of nitrogens with one attached hydrogen (secondary N) is 3. The van der Waals surface area contributed by atoms with Crippen molar-refractivity contribution in [3.8, 4) is 5.75 Å². The number of hydrazine groups is 1. The molecule has 43 heavy (non-hydrogen) atoms. The van der Waals surface area contributed by atoms with Crippen molar-refractivity contribution in [3.05, 3.63) is 63.7 Å². The Kier molecular flexibility index (Phi) is 11.3. The summed E-state index contributed by atoms with van der Waals surface area (Å²) in [5.41, 5.74) is 6.54. The van der Waals surface area contributed by atoms with Crippen LogP contribution in [0, 0.1) is 19.3 Å². The molecule has 2 atom stereocenters. The van der Waals surface area contributed by atoms with Crippen molar-refractivity contribution in [2.75, 3.05) is 5.32 Å². The van der Waals surface area contributed by atoms with Gasteiger partial charge in [0.2, 0.25) is 5.69 Å². The molecular weight excluding hydrogens is 603 g/mol. The molecule has 0 aromatic heterocycles. The molecular formula is C31H46ClFN4O4Si2. The van der Waals surface area contributed by atoms with Gasteiger partial charge in [0.05, 0.1) is 17.7 Å². The summed E-state index contributed by atoms with van der Waals surface area (Å²) in [4.78, 5) is 30.1. The number of carbonyl (C=O) groups excluding carboxylic acids is 2. The zero-order valence-electron chi connectivity index (χ0n) is 27.4. The van der Waals surface area contributed by atoms with Gasteiger partial charge in [-0.05, 0) is 79.9 Å². The molecule has 0 unspecified atom stereocenters. The van der Waals surface area contributed by atoms with E-state index in [1.165, 1.54) is 18.2 Å². The van der Waals surface area contributed by atoms with E-state index in [2.05, 4.69) is 54.9 Å². The lowest BCUT2D eigenvalue weighted by molar-refractivity contribution is -0.124. The molecule has 3 N–H and O–H groups in total. The second-order valence-corrected chi connectivity index (χ2v) is 23.7. The minimum absolute atomic E-state index is 0.00304. The molecule has 0 saturated carbocycles. The lowest BCUT2D eigenvalue weighted by Crippen LogP contribution is -2.55. The first-order chi connectivity index (χ1) is 19.5. The maximum absolute atomic E-state index is 14.6. The van der Waals surface area contributed by atoms with E-state index in [9.17, 15) is 14.0 Å². The molecule has 2 aromatic rings. The maximum atomic E-state index is 14.6. The van der Waals surface area contributed by atoms with E-state index < -0.39 is 46.4 Å². The monoisotopic (exact) mass is 648 g/mol. The molecule has 0 heterocycles. The molecule has 0 saturated heterocycles. The van der Waals surface area contributed by atoms with E-state index in [0.717, 1.165) is 0 Å². The van der Waals surface area contributed by atoms with Crippen LogP contribution in [0.15, 0.2) is 30.3 Å². The Hall–Kier alpha value is -2.92. The van der Waals surface area contributed by atoms with Gasteiger partial charge in [0, 0.05) is 11.3 Å². The number of benzene rings is 2. The first-order valence-electron chi connectivity index (χ1n) is 14.2. The fraction of sp³-hybridized carbons (Fsp3) is 0.516. The topological polar surface area (TPSA) is 93.1 Å². The van der Waals surface area contributed by atoms with Gasteiger partial charge in [0.25, 0.3) is 20.1 Å². The summed E-state index contributed by atoms with van der Waals surface area (Å²) in [6, 6.07) is 6.19. The van der Waals surface area contributed by atoms with Crippen LogP contribution in [0.5, 0.6) is 5.75 Å². The molecule has 0 aliphatic rings. The smallest absolute Gasteiger partial charge is 0.269 e. The van der Waals surface area contributed by atoms with Crippen LogP contribution in [0.25, 0.3) is 4.85 Å². The number of hydrogen-bond donors (Lipinski definition) is 3. The number of carbonyl (C=O) groups is 2. The van der Waals surface area contributed by atoms with Gasteiger partial charge in [-0.2, -0.15) is 0 Å². The number of anilines is 1. The molecule has 2 aromatic carbocycles. The van der Waals surface area contributed by atoms with E-state index in [1.54, 1.807) is 26.0 Å². The summed E-state index contributed by atoms with van der Waals surface area (Å²) in [5, 5.41) is 3.22. The van der Waals surface area contributed by atoms with Crippen molar-refractivity contribution in [2.24, 2.45) is 0 Å². The minimum Gasteiger partial charge on any atom is -0.542 e. The van der Waals surface area contributed by atoms with Gasteiger partial charge in [-0.25, -0.2) is 9.24 Å². The fourth-order valence-electron chi connectivity index (χ4n) is 3.61. The summed E-state index contributed by atoms with van der Waals surface area (Å²) in [5.74, 6) is -1.75. The van der Waals surface area contributed by atoms with Gasteiger partial charge in [-0.3, -0.25) is 20.4 Å². The Balaban J connectivity index is 2.33. The summed E-state index contributed by atoms with van der Waals surface area (Å²) in [6.45, 7) is 31.5. The molecule has 0 bridgehead atoms. The number of rotatable bonds is 9. The lowest BCUT2D eigenvalue weighted by Gasteiger charge is -2.40. The van der Waals surface area contributed by atoms with Crippen LogP contribution in [-0.4, -0.2) is 40.6 Å². The van der Waals surface area contributed by atoms with E-state index in [0.29, 0.717) is 16.9 Å². The fourth-order valence-corrected chi connectivity index (χ4v) is 6.24. The van der Waals surface area contributed by atoms with Crippen LogP contribution in [0.4, 0.5) is 15.8 Å². The van der Waals surface area contributed by atoms with E-state index in [1.807, 2.05) is 33.9 Å². The quantitative estimate of drug-likeness (QED) is 0.144. The average molecular weight is 649 g/mol. The SMILES string of the molecule is [C-]#[N+]c1ccc(N[C@@H](C(=O)NNC(=O)c2ccc(F)c(O[Si](C)(C)C(C)(C)C)c2)[C@@H](C)O[Si](C)(C)C(C)(C)C)c(C)c1Cl. The number of amides is 2. The zero-order valence-corrected chi connectivity index (χ0v) is 30.1. The highest BCUT2D eigenvalue weighted by molar-refractivity contribution is 6.75. The van der Waals surface area contributed by atoms with E-state index >= 15 is 0 Å². The van der Waals surface area contributed by atoms with Crippen molar-refractivity contribution in [2.45, 2.75) is 104 Å². The van der Waals surface area contributed by atoms with Crippen molar-refractivity contribution in [1.29, 1.82) is 0 Å². The second kappa shape index (κ2) is 13.4. The predicted octanol–water partition coefficient (Wildman–Crippen LogP) is 8.37. The molecule has 0 spiro atoms. The van der Waals surface area contributed by atoms with Crippen molar-refractivity contribution >= 4 is 51.4 Å². The first-order valence-corrected chi connectivity index (χ1v) is 20.4. The highest BCUT2D eigenvalue weighted by atomic mass is 35.5. The molecule has 0 fully saturated rings. The third-order valence-electron chi connectivity index (χ3n) is 8.50. The number of hydrogen-bond acceptors (Lipinski definition) is 5. The van der Waals surface area contributed by atoms with Gasteiger partial charge in [0.15, 0.2) is 14.1 Å². The van der Waals surface area contributed by atoms with Crippen LogP contribution in [-0.2, 0) is 9.22 Å². The van der Waals surface area contributed by atoms with Crippen molar-refractivity contribution < 1.29 is 22.8 Å². The van der Waals surface area contributed by atoms with E-state index in [-0.39, 0.29) is 26.4 Å². The first kappa shape index (κ1) is 36.3. The molecule has 0 radical (unpaired) electrons. The summed E-state index contributed by atoms with van der Waals surface area (Å²) >= 11 is 6.40. The predicted molar refractivity (Wildman–Crippen MR) is 177 cm³/mol. The Morgan fingerprint density at radius 2 is 1.56 bits per heavy atom. The highest BCUT2D eigenvalue weighted by Gasteiger charge is 2.41. The Morgan fingerprint density at radius 1 is 0.977 bits per heavy atom. The standard InChI is InChI=1S/C31H46ClFN4O4Si2/c1-19-23(16-17-24(34-9)26(19)32)35-27(20(2)40-42(10,11)30(3,4)5)29(39)37-36-28(38)21-14-15-22(33)25(18-21)41-43(12,13)31(6,7)8/h14-18,20,27,35H,1-8,10-13H3,(H,36,38)(H,37,39)/t20-,27-/m1/s1. The molecule has 8 nitrogen and oxygen atoms in total. The van der Waals surface area contributed by atoms with Crippen molar-refractivity contribution in [1.82, 2.24) is 10.9 Å². The Bertz CT molecular complexity index is 1400. The Morgan fingerprint density at radius 3 is 2.09 bits per heavy atom. The summed E-state index contributed by atoms with van der Waals surface area (Å²) in [6.07, 6.45) is -0.605. The lowest BCUT2D eigenvalue weighted by atomic mass is 10.1. The number of nitrogens with zero attached hydrogens (tertiary/aromatic N) is 1. The molecule has 236 valence electrons. The van der Waals surface area contributed by atoms with Gasteiger partial charge < -0.3 is 14.2 Å². The van der Waals surface area contributed by atoms with Crippen LogP contribution < -0.4 is 20.6 Å². The zero-order chi connectivity index (χ0) is 33.1. The van der Waals surface area contributed by atoms with Crippen LogP contribution in [0.2, 0.25) is 41.3 Å². The maximum Gasteiger partial charge on any atom is 0.269 e. The average Bonchev–Trinajstić information content (AvgIpc) is 2.87. The second-order valence-electron chi connectivity index (χ2n) is 13.8. The summed E-state index contributed by atoms with van der Waals surface area (Å²) < 4.78 is 27.3. The molecule has 12 heteroatoms. The van der Waals surface area contributed by atoms with E-state index in [4.69, 9.17) is 27.0 Å². The molecule has 2 amide bonds. The minimum atomic E-state index is -2.37. The van der Waals surface area contributed by atoms with Crippen LogP contribution in [0.3, 0.4) is 0 Å². The van der Waals surface area contributed by atoms with Gasteiger partial charge in [-0.1, -0.05) is 59.2 Å². The largest absolute Gasteiger partial charge is 0.542 e. The third kappa shape index (κ3) is 8.82. The Labute approximate surface area is 263 Å². The highest BCUT2D eigenvalue weighted by Crippen LogP contribution is 2.39. The number of halogens is 2. The van der Waals surface area contributed by atoms with Crippen LogP contribution >= 0.6 is 11.6 Å². The van der Waals surface area contributed by atoms with Crippen LogP contribution in [0.1, 0.15) is 64.4 Å². The van der Waals surface area contributed by atoms with Gasteiger partial charge in [-0.15, -0.1) is 0 Å². The molecule has 0 aliphatic heterocycles. The molecule has 0 aliphatic carbocycles. The molecule has 2 rings (SSSR count). The summed E-state index contributed by atoms with van der Waals surface area (Å²) in [7, 11) is -4.67. The normalized spacial score (nSPS) is 13.9. The van der Waals surface area contributed by atoms with Crippen molar-refractivity contribution in [3.63, 3.8) is 0 Å². The third-order valence-corrected chi connectivity index (χ3v) is 17.9.